The molecule has 0 bridgehead atoms. The van der Waals surface area contributed by atoms with Crippen LogP contribution in [0.3, 0.4) is 0 Å². The number of nitrogens with zero attached hydrogens (tertiary/aromatic N) is 1. The summed E-state index contributed by atoms with van der Waals surface area (Å²) in [6.07, 6.45) is 1.23. The van der Waals surface area contributed by atoms with Crippen molar-refractivity contribution < 1.29 is 8.42 Å². The molecule has 24 heavy (non-hydrogen) atoms. The number of aromatic amines is 1. The zero-order chi connectivity index (χ0) is 17.5. The molecule has 0 radical (unpaired) electrons. The van der Waals surface area contributed by atoms with Gasteiger partial charge in [0.15, 0.2) is 0 Å². The summed E-state index contributed by atoms with van der Waals surface area (Å²) < 4.78 is 25.6. The van der Waals surface area contributed by atoms with E-state index in [4.69, 9.17) is 5.26 Å². The van der Waals surface area contributed by atoms with Crippen LogP contribution in [-0.2, 0) is 9.84 Å². The Labute approximate surface area is 139 Å². The molecule has 3 aromatic rings. The van der Waals surface area contributed by atoms with Crippen LogP contribution >= 0.6 is 0 Å². The molecule has 0 aliphatic carbocycles. The number of hydrogen-bond acceptors (Lipinski definition) is 4. The quantitative estimate of drug-likeness (QED) is 0.778. The fraction of sp³-hybridized carbons (Fsp3) is 0.111. The standard InChI is InChI=1S/C18H14N2O3S/c1-11-3-6-15-16(7-11)20-10-17(18(15)21)24(22,23)14-5-4-13(9-19)12(2)8-14/h3-8,10H,1-2H3,(H,20,21). The molecule has 0 saturated heterocycles. The number of nitriles is 1. The number of aromatic nitrogens is 1. The molecule has 1 heterocycles. The van der Waals surface area contributed by atoms with Crippen LogP contribution in [0, 0.1) is 25.2 Å². The molecule has 0 aliphatic rings. The van der Waals surface area contributed by atoms with Gasteiger partial charge in [0.05, 0.1) is 16.5 Å². The van der Waals surface area contributed by atoms with Crippen molar-refractivity contribution in [3.8, 4) is 6.07 Å². The van der Waals surface area contributed by atoms with Crippen molar-refractivity contribution in [2.24, 2.45) is 0 Å². The fourth-order valence-electron chi connectivity index (χ4n) is 2.57. The number of hydrogen-bond donors (Lipinski definition) is 1. The van der Waals surface area contributed by atoms with E-state index in [0.29, 0.717) is 22.0 Å². The van der Waals surface area contributed by atoms with Gasteiger partial charge in [0.2, 0.25) is 15.3 Å². The summed E-state index contributed by atoms with van der Waals surface area (Å²) in [5.41, 5.74) is 1.97. The van der Waals surface area contributed by atoms with E-state index in [-0.39, 0.29) is 9.79 Å². The number of nitrogens with one attached hydrogen (secondary N) is 1. The fourth-order valence-corrected chi connectivity index (χ4v) is 3.97. The third-order valence-electron chi connectivity index (χ3n) is 3.92. The monoisotopic (exact) mass is 338 g/mol. The minimum absolute atomic E-state index is 0.00374. The maximum absolute atomic E-state index is 12.8. The molecule has 0 amide bonds. The Hall–Kier alpha value is -2.91. The molecule has 5 nitrogen and oxygen atoms in total. The highest BCUT2D eigenvalue weighted by Crippen LogP contribution is 2.22. The van der Waals surface area contributed by atoms with Gasteiger partial charge in [-0.1, -0.05) is 6.07 Å². The zero-order valence-corrected chi connectivity index (χ0v) is 13.9. The number of fused-ring (bicyclic) bond motifs is 1. The Morgan fingerprint density at radius 2 is 1.83 bits per heavy atom. The SMILES string of the molecule is Cc1ccc2c(=O)c(S(=O)(=O)c3ccc(C#N)c(C)c3)c[nH]c2c1. The van der Waals surface area contributed by atoms with Crippen LogP contribution in [0.1, 0.15) is 16.7 Å². The first-order valence-corrected chi connectivity index (χ1v) is 8.71. The van der Waals surface area contributed by atoms with Crippen LogP contribution in [0.4, 0.5) is 0 Å². The van der Waals surface area contributed by atoms with Crippen molar-refractivity contribution in [3.63, 3.8) is 0 Å². The third-order valence-corrected chi connectivity index (χ3v) is 5.68. The van der Waals surface area contributed by atoms with Gasteiger partial charge in [0, 0.05) is 17.1 Å². The third kappa shape index (κ3) is 2.49. The van der Waals surface area contributed by atoms with Gasteiger partial charge in [-0.25, -0.2) is 8.42 Å². The van der Waals surface area contributed by atoms with Crippen molar-refractivity contribution in [2.45, 2.75) is 23.6 Å². The summed E-state index contributed by atoms with van der Waals surface area (Å²) in [6, 6.07) is 11.4. The molecule has 1 aromatic heterocycles. The Balaban J connectivity index is 2.24. The molecular weight excluding hydrogens is 324 g/mol. The van der Waals surface area contributed by atoms with E-state index in [1.54, 1.807) is 25.1 Å². The lowest BCUT2D eigenvalue weighted by Gasteiger charge is -2.07. The van der Waals surface area contributed by atoms with Gasteiger partial charge in [-0.05, 0) is 55.3 Å². The largest absolute Gasteiger partial charge is 0.360 e. The van der Waals surface area contributed by atoms with E-state index in [1.165, 1.54) is 24.4 Å². The van der Waals surface area contributed by atoms with Crippen molar-refractivity contribution in [1.29, 1.82) is 5.26 Å². The van der Waals surface area contributed by atoms with E-state index in [1.807, 2.05) is 13.0 Å². The second-order valence-electron chi connectivity index (χ2n) is 5.62. The van der Waals surface area contributed by atoms with Crippen LogP contribution in [0.5, 0.6) is 0 Å². The molecule has 0 atom stereocenters. The minimum Gasteiger partial charge on any atom is -0.360 e. The number of H-pyrrole nitrogens is 1. The first kappa shape index (κ1) is 16.0. The van der Waals surface area contributed by atoms with E-state index >= 15 is 0 Å². The second-order valence-corrected chi connectivity index (χ2v) is 7.54. The van der Waals surface area contributed by atoms with Crippen LogP contribution in [-0.4, -0.2) is 13.4 Å². The Morgan fingerprint density at radius 1 is 1.08 bits per heavy atom. The summed E-state index contributed by atoms with van der Waals surface area (Å²) >= 11 is 0. The van der Waals surface area contributed by atoms with E-state index in [0.717, 1.165) is 5.56 Å². The summed E-state index contributed by atoms with van der Waals surface area (Å²) in [6.45, 7) is 3.55. The van der Waals surface area contributed by atoms with Gasteiger partial charge in [0.1, 0.15) is 4.90 Å². The predicted molar refractivity (Wildman–Crippen MR) is 90.7 cm³/mol. The first-order valence-electron chi connectivity index (χ1n) is 7.22. The lowest BCUT2D eigenvalue weighted by Crippen LogP contribution is -2.16. The van der Waals surface area contributed by atoms with Gasteiger partial charge in [-0.3, -0.25) is 4.79 Å². The zero-order valence-electron chi connectivity index (χ0n) is 13.1. The molecule has 6 heteroatoms. The molecule has 0 saturated carbocycles. The van der Waals surface area contributed by atoms with E-state index in [2.05, 4.69) is 4.98 Å². The number of rotatable bonds is 2. The lowest BCUT2D eigenvalue weighted by atomic mass is 10.1. The molecule has 0 fully saturated rings. The normalized spacial score (nSPS) is 11.4. The van der Waals surface area contributed by atoms with Gasteiger partial charge in [0.25, 0.3) is 0 Å². The van der Waals surface area contributed by atoms with E-state index < -0.39 is 15.3 Å². The van der Waals surface area contributed by atoms with Gasteiger partial charge in [-0.15, -0.1) is 0 Å². The van der Waals surface area contributed by atoms with Crippen LogP contribution in [0.2, 0.25) is 0 Å². The summed E-state index contributed by atoms with van der Waals surface area (Å²) in [4.78, 5) is 15.2. The van der Waals surface area contributed by atoms with Crippen molar-refractivity contribution in [3.05, 3.63) is 69.5 Å². The smallest absolute Gasteiger partial charge is 0.211 e. The van der Waals surface area contributed by atoms with Crippen molar-refractivity contribution >= 4 is 20.7 Å². The minimum atomic E-state index is -3.97. The number of aryl methyl sites for hydroxylation is 2. The molecule has 120 valence electrons. The van der Waals surface area contributed by atoms with Gasteiger partial charge >= 0.3 is 0 Å². The molecule has 2 aromatic carbocycles. The summed E-state index contributed by atoms with van der Waals surface area (Å²) in [5, 5.41) is 9.29. The average Bonchev–Trinajstić information content (AvgIpc) is 2.54. The maximum atomic E-state index is 12.8. The van der Waals surface area contributed by atoms with Crippen molar-refractivity contribution in [2.75, 3.05) is 0 Å². The highest BCUT2D eigenvalue weighted by Gasteiger charge is 2.23. The number of pyridine rings is 1. The lowest BCUT2D eigenvalue weighted by molar-refractivity contribution is 0.595. The molecular formula is C18H14N2O3S. The summed E-state index contributed by atoms with van der Waals surface area (Å²) in [7, 11) is -3.97. The predicted octanol–water partition coefficient (Wildman–Crippen LogP) is 2.85. The molecule has 0 spiro atoms. The molecule has 3 rings (SSSR count). The Bertz CT molecular complexity index is 1170. The Morgan fingerprint density at radius 3 is 2.50 bits per heavy atom. The topological polar surface area (TPSA) is 90.8 Å². The summed E-state index contributed by atoms with van der Waals surface area (Å²) in [5.74, 6) is 0. The number of sulfone groups is 1. The Kier molecular flexibility index (Phi) is 3.74. The average molecular weight is 338 g/mol. The molecule has 0 unspecified atom stereocenters. The van der Waals surface area contributed by atoms with Crippen LogP contribution < -0.4 is 5.43 Å². The second kappa shape index (κ2) is 5.62. The van der Waals surface area contributed by atoms with Crippen LogP contribution in [0.15, 0.2) is 57.2 Å². The van der Waals surface area contributed by atoms with E-state index in [9.17, 15) is 13.2 Å². The highest BCUT2D eigenvalue weighted by molar-refractivity contribution is 7.91. The highest BCUT2D eigenvalue weighted by atomic mass is 32.2. The van der Waals surface area contributed by atoms with Gasteiger partial charge in [-0.2, -0.15) is 5.26 Å². The number of benzene rings is 2. The first-order chi connectivity index (χ1) is 11.3. The van der Waals surface area contributed by atoms with Crippen LogP contribution in [0.25, 0.3) is 10.9 Å². The maximum Gasteiger partial charge on any atom is 0.211 e. The molecule has 0 aliphatic heterocycles. The van der Waals surface area contributed by atoms with Gasteiger partial charge < -0.3 is 4.98 Å². The molecule has 1 N–H and O–H groups in total. The van der Waals surface area contributed by atoms with Crippen molar-refractivity contribution in [1.82, 2.24) is 4.98 Å².